The first-order valence-corrected chi connectivity index (χ1v) is 9.45. The molecule has 146 valence electrons. The van der Waals surface area contributed by atoms with E-state index < -0.39 is 5.91 Å². The Morgan fingerprint density at radius 1 is 0.897 bits per heavy atom. The van der Waals surface area contributed by atoms with Crippen LogP contribution in [0.15, 0.2) is 71.8 Å². The third kappa shape index (κ3) is 5.44. The quantitative estimate of drug-likeness (QED) is 0.428. The molecule has 0 aromatic heterocycles. The Labute approximate surface area is 178 Å². The van der Waals surface area contributed by atoms with Gasteiger partial charge in [0.1, 0.15) is 0 Å². The van der Waals surface area contributed by atoms with Crippen molar-refractivity contribution in [2.75, 3.05) is 5.32 Å². The van der Waals surface area contributed by atoms with Crippen molar-refractivity contribution in [2.45, 2.75) is 6.92 Å². The average molecular weight is 426 g/mol. The van der Waals surface area contributed by atoms with E-state index in [2.05, 4.69) is 15.8 Å². The number of hydrogen-bond donors (Lipinski definition) is 2. The van der Waals surface area contributed by atoms with Gasteiger partial charge in [0.05, 0.1) is 16.3 Å². The number of halogens is 2. The summed E-state index contributed by atoms with van der Waals surface area (Å²) in [6.45, 7) is 1.92. The van der Waals surface area contributed by atoms with Gasteiger partial charge in [-0.05, 0) is 49.4 Å². The predicted octanol–water partition coefficient (Wildman–Crippen LogP) is 5.32. The van der Waals surface area contributed by atoms with Crippen LogP contribution in [0, 0.1) is 6.92 Å². The number of hydrazone groups is 1. The molecule has 0 saturated heterocycles. The number of hydrogen-bond acceptors (Lipinski definition) is 3. The fourth-order valence-electron chi connectivity index (χ4n) is 2.54. The highest BCUT2D eigenvalue weighted by molar-refractivity contribution is 6.43. The molecule has 0 fully saturated rings. The molecule has 0 radical (unpaired) electrons. The van der Waals surface area contributed by atoms with Crippen LogP contribution in [0.5, 0.6) is 0 Å². The van der Waals surface area contributed by atoms with E-state index in [1.54, 1.807) is 54.6 Å². The summed E-state index contributed by atoms with van der Waals surface area (Å²) in [7, 11) is 0. The van der Waals surface area contributed by atoms with Crippen molar-refractivity contribution >= 4 is 46.9 Å². The van der Waals surface area contributed by atoms with Crippen LogP contribution in [-0.4, -0.2) is 18.0 Å². The Hall–Kier alpha value is -3.15. The van der Waals surface area contributed by atoms with Gasteiger partial charge in [-0.25, -0.2) is 5.43 Å². The maximum absolute atomic E-state index is 12.3. The summed E-state index contributed by atoms with van der Waals surface area (Å²) in [5.74, 6) is -0.607. The van der Waals surface area contributed by atoms with E-state index in [0.29, 0.717) is 32.4 Å². The van der Waals surface area contributed by atoms with Crippen LogP contribution in [0.25, 0.3) is 0 Å². The predicted molar refractivity (Wildman–Crippen MR) is 117 cm³/mol. The monoisotopic (exact) mass is 425 g/mol. The Balaban J connectivity index is 1.60. The van der Waals surface area contributed by atoms with E-state index in [-0.39, 0.29) is 5.91 Å². The number of nitrogens with one attached hydrogen (secondary N) is 2. The highest BCUT2D eigenvalue weighted by Gasteiger charge is 2.08. The van der Waals surface area contributed by atoms with Crippen LogP contribution < -0.4 is 10.7 Å². The van der Waals surface area contributed by atoms with Crippen molar-refractivity contribution in [3.05, 3.63) is 99.0 Å². The van der Waals surface area contributed by atoms with E-state index in [0.717, 1.165) is 5.56 Å². The third-order valence-electron chi connectivity index (χ3n) is 4.04. The van der Waals surface area contributed by atoms with E-state index in [4.69, 9.17) is 23.2 Å². The van der Waals surface area contributed by atoms with Crippen LogP contribution in [0.1, 0.15) is 31.8 Å². The number of aryl methyl sites for hydroxylation is 1. The number of benzene rings is 3. The largest absolute Gasteiger partial charge is 0.322 e. The summed E-state index contributed by atoms with van der Waals surface area (Å²) >= 11 is 12.0. The lowest BCUT2D eigenvalue weighted by Gasteiger charge is -2.07. The second kappa shape index (κ2) is 9.37. The maximum atomic E-state index is 12.3. The first-order chi connectivity index (χ1) is 13.9. The van der Waals surface area contributed by atoms with Gasteiger partial charge in [-0.15, -0.1) is 0 Å². The maximum Gasteiger partial charge on any atom is 0.271 e. The summed E-state index contributed by atoms with van der Waals surface area (Å²) in [5.41, 5.74) is 5.58. The van der Waals surface area contributed by atoms with Crippen LogP contribution in [0.4, 0.5) is 5.69 Å². The zero-order valence-corrected chi connectivity index (χ0v) is 17.0. The van der Waals surface area contributed by atoms with E-state index in [1.165, 1.54) is 6.21 Å². The second-order valence-electron chi connectivity index (χ2n) is 6.24. The second-order valence-corrected chi connectivity index (χ2v) is 7.03. The Bertz CT molecular complexity index is 1080. The van der Waals surface area contributed by atoms with E-state index >= 15 is 0 Å². The van der Waals surface area contributed by atoms with Crippen LogP contribution in [0.3, 0.4) is 0 Å². The number of anilines is 1. The molecule has 0 aliphatic heterocycles. The molecule has 0 aliphatic carbocycles. The molecule has 7 heteroatoms. The van der Waals surface area contributed by atoms with Gasteiger partial charge in [-0.2, -0.15) is 5.10 Å². The SMILES string of the molecule is Cc1cccc(C(=O)Nc2ccc(C(=O)N/N=C/c3cccc(Cl)c3Cl)cc2)c1. The zero-order valence-electron chi connectivity index (χ0n) is 15.4. The Kier molecular flexibility index (Phi) is 6.65. The van der Waals surface area contributed by atoms with Gasteiger partial charge in [0, 0.05) is 22.4 Å². The van der Waals surface area contributed by atoms with Gasteiger partial charge in [0.2, 0.25) is 0 Å². The molecule has 0 saturated carbocycles. The van der Waals surface area contributed by atoms with Gasteiger partial charge in [0.15, 0.2) is 0 Å². The minimum Gasteiger partial charge on any atom is -0.322 e. The first kappa shape index (κ1) is 20.6. The van der Waals surface area contributed by atoms with Crippen molar-refractivity contribution < 1.29 is 9.59 Å². The summed E-state index contributed by atoms with van der Waals surface area (Å²) in [6.07, 6.45) is 1.42. The smallest absolute Gasteiger partial charge is 0.271 e. The number of carbonyl (C=O) groups is 2. The lowest BCUT2D eigenvalue weighted by molar-refractivity contribution is 0.0954. The molecule has 5 nitrogen and oxygen atoms in total. The minimum absolute atomic E-state index is 0.214. The normalized spacial score (nSPS) is 10.7. The van der Waals surface area contributed by atoms with Crippen molar-refractivity contribution in [1.82, 2.24) is 5.43 Å². The fourth-order valence-corrected chi connectivity index (χ4v) is 2.90. The molecular formula is C22H17Cl2N3O2. The molecule has 2 N–H and O–H groups in total. The topological polar surface area (TPSA) is 70.6 Å². The summed E-state index contributed by atoms with van der Waals surface area (Å²) in [4.78, 5) is 24.5. The number of amides is 2. The highest BCUT2D eigenvalue weighted by atomic mass is 35.5. The van der Waals surface area contributed by atoms with Crippen LogP contribution >= 0.6 is 23.2 Å². The van der Waals surface area contributed by atoms with Gasteiger partial charge in [0.25, 0.3) is 11.8 Å². The minimum atomic E-state index is -0.393. The first-order valence-electron chi connectivity index (χ1n) is 8.69. The fraction of sp³-hybridized carbons (Fsp3) is 0.0455. The highest BCUT2D eigenvalue weighted by Crippen LogP contribution is 2.24. The average Bonchev–Trinajstić information content (AvgIpc) is 2.71. The number of rotatable bonds is 5. The number of carbonyl (C=O) groups excluding carboxylic acids is 2. The van der Waals surface area contributed by atoms with E-state index in [1.807, 2.05) is 19.1 Å². The van der Waals surface area contributed by atoms with Gasteiger partial charge in [-0.3, -0.25) is 9.59 Å². The summed E-state index contributed by atoms with van der Waals surface area (Å²) in [5, 5.41) is 7.47. The van der Waals surface area contributed by atoms with Gasteiger partial charge < -0.3 is 5.32 Å². The third-order valence-corrected chi connectivity index (χ3v) is 4.87. The molecule has 0 bridgehead atoms. The molecule has 0 atom stereocenters. The van der Waals surface area contributed by atoms with Crippen LogP contribution in [0.2, 0.25) is 10.0 Å². The zero-order chi connectivity index (χ0) is 20.8. The van der Waals surface area contributed by atoms with Crippen molar-refractivity contribution in [3.8, 4) is 0 Å². The molecule has 3 rings (SSSR count). The molecule has 3 aromatic carbocycles. The van der Waals surface area contributed by atoms with Gasteiger partial charge >= 0.3 is 0 Å². The molecule has 3 aromatic rings. The van der Waals surface area contributed by atoms with Crippen LogP contribution in [-0.2, 0) is 0 Å². The molecule has 0 spiro atoms. The number of nitrogens with zero attached hydrogens (tertiary/aromatic N) is 1. The molecule has 0 unspecified atom stereocenters. The Morgan fingerprint density at radius 2 is 1.62 bits per heavy atom. The molecule has 0 aliphatic rings. The van der Waals surface area contributed by atoms with E-state index in [9.17, 15) is 9.59 Å². The molecular weight excluding hydrogens is 409 g/mol. The van der Waals surface area contributed by atoms with Crippen molar-refractivity contribution in [2.24, 2.45) is 5.10 Å². The lowest BCUT2D eigenvalue weighted by atomic mass is 10.1. The molecule has 0 heterocycles. The summed E-state index contributed by atoms with van der Waals surface area (Å²) in [6, 6.07) is 18.9. The molecule has 29 heavy (non-hydrogen) atoms. The standard InChI is InChI=1S/C22H17Cl2N3O2/c1-14-4-2-5-16(12-14)21(28)26-18-10-8-15(9-11-18)22(29)27-25-13-17-6-3-7-19(23)20(17)24/h2-13H,1H3,(H,26,28)(H,27,29)/b25-13+. The Morgan fingerprint density at radius 3 is 2.34 bits per heavy atom. The summed E-state index contributed by atoms with van der Waals surface area (Å²) < 4.78 is 0. The van der Waals surface area contributed by atoms with Crippen molar-refractivity contribution in [1.29, 1.82) is 0 Å². The lowest BCUT2D eigenvalue weighted by Crippen LogP contribution is -2.18. The molecule has 2 amide bonds. The van der Waals surface area contributed by atoms with Gasteiger partial charge in [-0.1, -0.05) is 53.0 Å². The van der Waals surface area contributed by atoms with Crippen molar-refractivity contribution in [3.63, 3.8) is 0 Å².